The summed E-state index contributed by atoms with van der Waals surface area (Å²) in [6.45, 7) is 1.76. The Morgan fingerprint density at radius 2 is 2.12 bits per heavy atom. The van der Waals surface area contributed by atoms with Crippen molar-refractivity contribution in [1.29, 1.82) is 0 Å². The van der Waals surface area contributed by atoms with Gasteiger partial charge in [0, 0.05) is 24.3 Å². The van der Waals surface area contributed by atoms with Gasteiger partial charge in [0.25, 0.3) is 5.91 Å². The molecule has 0 radical (unpaired) electrons. The molecule has 2 aromatic rings. The number of amides is 2. The molecule has 1 aromatic heterocycles. The van der Waals surface area contributed by atoms with Crippen LogP contribution in [0.5, 0.6) is 0 Å². The first-order valence-corrected chi connectivity index (χ1v) is 8.64. The number of anilines is 4. The molecule has 1 aromatic carbocycles. The summed E-state index contributed by atoms with van der Waals surface area (Å²) in [5, 5.41) is 9.31. The molecule has 2 amide bonds. The van der Waals surface area contributed by atoms with Crippen molar-refractivity contribution in [3.8, 4) is 0 Å². The van der Waals surface area contributed by atoms with Crippen LogP contribution in [0.15, 0.2) is 24.4 Å². The molecule has 3 rings (SSSR count). The fourth-order valence-electron chi connectivity index (χ4n) is 2.22. The molecular formula is C17H19ClN6O2. The number of hydrogen-bond donors (Lipinski definition) is 4. The quantitative estimate of drug-likeness (QED) is 0.591. The van der Waals surface area contributed by atoms with E-state index in [9.17, 15) is 9.59 Å². The van der Waals surface area contributed by atoms with Gasteiger partial charge in [-0.25, -0.2) is 4.98 Å². The van der Waals surface area contributed by atoms with Gasteiger partial charge in [0.1, 0.15) is 5.82 Å². The molecule has 0 saturated heterocycles. The topological polar surface area (TPSA) is 122 Å². The Morgan fingerprint density at radius 3 is 2.73 bits per heavy atom. The average Bonchev–Trinajstić information content (AvgIpc) is 3.41. The molecular weight excluding hydrogens is 356 g/mol. The maximum absolute atomic E-state index is 11.5. The van der Waals surface area contributed by atoms with Crippen LogP contribution in [0.1, 0.15) is 36.5 Å². The Balaban J connectivity index is 1.78. The number of nitrogens with zero attached hydrogens (tertiary/aromatic N) is 2. The summed E-state index contributed by atoms with van der Waals surface area (Å²) in [4.78, 5) is 31.5. The van der Waals surface area contributed by atoms with Gasteiger partial charge in [0.2, 0.25) is 11.9 Å². The predicted octanol–water partition coefficient (Wildman–Crippen LogP) is 2.90. The molecule has 1 heterocycles. The first kappa shape index (κ1) is 17.9. The number of halogens is 1. The van der Waals surface area contributed by atoms with Crippen LogP contribution in [0.2, 0.25) is 5.02 Å². The lowest BCUT2D eigenvalue weighted by molar-refractivity contribution is -0.115. The first-order valence-electron chi connectivity index (χ1n) is 8.26. The average molecular weight is 375 g/mol. The van der Waals surface area contributed by atoms with Crippen LogP contribution in [0.25, 0.3) is 0 Å². The van der Waals surface area contributed by atoms with E-state index in [1.807, 2.05) is 0 Å². The van der Waals surface area contributed by atoms with Crippen molar-refractivity contribution in [2.75, 3.05) is 16.0 Å². The molecule has 0 bridgehead atoms. The molecule has 136 valence electrons. The number of aromatic nitrogens is 2. The van der Waals surface area contributed by atoms with E-state index in [0.717, 1.165) is 12.8 Å². The van der Waals surface area contributed by atoms with Gasteiger partial charge in [-0.3, -0.25) is 9.59 Å². The molecule has 1 aliphatic rings. The van der Waals surface area contributed by atoms with Crippen LogP contribution in [0.4, 0.5) is 23.1 Å². The first-order chi connectivity index (χ1) is 12.5. The smallest absolute Gasteiger partial charge is 0.254 e. The number of rotatable bonds is 7. The second-order valence-electron chi connectivity index (χ2n) is 5.96. The van der Waals surface area contributed by atoms with Crippen molar-refractivity contribution in [2.45, 2.75) is 32.2 Å². The Morgan fingerprint density at radius 1 is 1.35 bits per heavy atom. The number of nitrogens with one attached hydrogen (secondary N) is 3. The number of nitrogens with two attached hydrogens (primary N) is 1. The van der Waals surface area contributed by atoms with E-state index < -0.39 is 5.91 Å². The second-order valence-corrected chi connectivity index (χ2v) is 6.37. The van der Waals surface area contributed by atoms with Crippen molar-refractivity contribution in [2.24, 2.45) is 5.73 Å². The van der Waals surface area contributed by atoms with Crippen molar-refractivity contribution in [1.82, 2.24) is 9.97 Å². The summed E-state index contributed by atoms with van der Waals surface area (Å²) in [5.74, 6) is 0.0162. The molecule has 0 spiro atoms. The molecule has 0 atom stereocenters. The Hall–Kier alpha value is -2.87. The fourth-order valence-corrected chi connectivity index (χ4v) is 2.44. The fraction of sp³-hybridized carbons (Fsp3) is 0.294. The largest absolute Gasteiger partial charge is 0.367 e. The Bertz CT molecular complexity index is 853. The van der Waals surface area contributed by atoms with E-state index in [-0.39, 0.29) is 11.5 Å². The van der Waals surface area contributed by atoms with Crippen molar-refractivity contribution in [3.63, 3.8) is 0 Å². The lowest BCUT2D eigenvalue weighted by Gasteiger charge is -2.12. The molecule has 1 aliphatic carbocycles. The highest BCUT2D eigenvalue weighted by atomic mass is 35.5. The second kappa shape index (κ2) is 7.57. The Kier molecular flexibility index (Phi) is 5.22. The van der Waals surface area contributed by atoms with E-state index >= 15 is 0 Å². The number of carbonyl (C=O) groups excluding carboxylic acids is 2. The highest BCUT2D eigenvalue weighted by Gasteiger charge is 2.24. The lowest BCUT2D eigenvalue weighted by Crippen LogP contribution is -2.17. The summed E-state index contributed by atoms with van der Waals surface area (Å²) in [6.07, 6.45) is 3.82. The van der Waals surface area contributed by atoms with Crippen LogP contribution < -0.4 is 21.7 Å². The molecule has 9 heteroatoms. The summed E-state index contributed by atoms with van der Waals surface area (Å²) in [5.41, 5.74) is 6.80. The van der Waals surface area contributed by atoms with Gasteiger partial charge < -0.3 is 21.7 Å². The van der Waals surface area contributed by atoms with Crippen LogP contribution in [-0.4, -0.2) is 27.8 Å². The highest BCUT2D eigenvalue weighted by molar-refractivity contribution is 6.34. The van der Waals surface area contributed by atoms with Gasteiger partial charge in [-0.2, -0.15) is 4.98 Å². The third kappa shape index (κ3) is 4.40. The minimum Gasteiger partial charge on any atom is -0.367 e. The number of primary amides is 1. The van der Waals surface area contributed by atoms with Crippen molar-refractivity contribution >= 4 is 46.6 Å². The van der Waals surface area contributed by atoms with E-state index in [0.29, 0.717) is 40.6 Å². The van der Waals surface area contributed by atoms with Crippen LogP contribution in [0, 0.1) is 0 Å². The normalized spacial score (nSPS) is 13.2. The summed E-state index contributed by atoms with van der Waals surface area (Å²) in [7, 11) is 0. The monoisotopic (exact) mass is 374 g/mol. The van der Waals surface area contributed by atoms with E-state index in [1.165, 1.54) is 6.20 Å². The van der Waals surface area contributed by atoms with Crippen LogP contribution in [-0.2, 0) is 4.79 Å². The summed E-state index contributed by atoms with van der Waals surface area (Å²) in [6, 6.07) is 5.41. The summed E-state index contributed by atoms with van der Waals surface area (Å²) < 4.78 is 0. The number of carbonyl (C=O) groups is 2. The van der Waals surface area contributed by atoms with E-state index in [2.05, 4.69) is 25.9 Å². The minimum atomic E-state index is -0.584. The lowest BCUT2D eigenvalue weighted by atomic mass is 10.2. The van der Waals surface area contributed by atoms with Crippen LogP contribution >= 0.6 is 11.6 Å². The zero-order valence-electron chi connectivity index (χ0n) is 14.2. The van der Waals surface area contributed by atoms with Gasteiger partial charge in [0.05, 0.1) is 16.3 Å². The SMILES string of the molecule is CCC(=O)Nc1ccc(Nc2ncc(C(N)=O)c(NC3CC3)n2)cc1Cl. The standard InChI is InChI=1S/C17H19ClN6O2/c1-2-14(25)23-13-6-5-10(7-12(13)18)22-17-20-8-11(15(19)26)16(24-17)21-9-3-4-9/h5-9H,2-4H2,1H3,(H2,19,26)(H,23,25)(H2,20,21,22,24). The third-order valence-corrected chi connectivity index (χ3v) is 4.11. The summed E-state index contributed by atoms with van der Waals surface area (Å²) >= 11 is 6.20. The van der Waals surface area contributed by atoms with E-state index in [4.69, 9.17) is 17.3 Å². The molecule has 0 unspecified atom stereocenters. The Labute approximate surface area is 155 Å². The molecule has 1 fully saturated rings. The van der Waals surface area contributed by atoms with Gasteiger partial charge >= 0.3 is 0 Å². The van der Waals surface area contributed by atoms with Crippen molar-refractivity contribution in [3.05, 3.63) is 35.0 Å². The zero-order valence-corrected chi connectivity index (χ0v) is 14.9. The highest BCUT2D eigenvalue weighted by Crippen LogP contribution is 2.28. The third-order valence-electron chi connectivity index (χ3n) is 3.79. The minimum absolute atomic E-state index is 0.117. The van der Waals surface area contributed by atoms with Gasteiger partial charge in [-0.1, -0.05) is 18.5 Å². The van der Waals surface area contributed by atoms with Gasteiger partial charge in [0.15, 0.2) is 0 Å². The molecule has 5 N–H and O–H groups in total. The maximum atomic E-state index is 11.5. The maximum Gasteiger partial charge on any atom is 0.254 e. The predicted molar refractivity (Wildman–Crippen MR) is 101 cm³/mol. The zero-order chi connectivity index (χ0) is 18.7. The number of hydrogen-bond acceptors (Lipinski definition) is 6. The molecule has 1 saturated carbocycles. The van der Waals surface area contributed by atoms with Crippen LogP contribution in [0.3, 0.4) is 0 Å². The van der Waals surface area contributed by atoms with E-state index in [1.54, 1.807) is 25.1 Å². The van der Waals surface area contributed by atoms with Gasteiger partial charge in [-0.05, 0) is 31.0 Å². The number of benzene rings is 1. The molecule has 0 aliphatic heterocycles. The van der Waals surface area contributed by atoms with Crippen molar-refractivity contribution < 1.29 is 9.59 Å². The molecule has 26 heavy (non-hydrogen) atoms. The molecule has 8 nitrogen and oxygen atoms in total. The van der Waals surface area contributed by atoms with Gasteiger partial charge in [-0.15, -0.1) is 0 Å².